The first kappa shape index (κ1) is 14.8. The lowest BCUT2D eigenvalue weighted by atomic mass is 10.0. The van der Waals surface area contributed by atoms with Crippen LogP contribution in [0, 0.1) is 0 Å². The van der Waals surface area contributed by atoms with Crippen molar-refractivity contribution in [2.24, 2.45) is 5.73 Å². The van der Waals surface area contributed by atoms with Crippen molar-refractivity contribution in [2.75, 3.05) is 14.2 Å². The molecular formula is C13H13Cl2N3O2. The molecule has 1 heterocycles. The lowest BCUT2D eigenvalue weighted by Gasteiger charge is -2.15. The Bertz CT molecular complexity index is 623. The van der Waals surface area contributed by atoms with Crippen LogP contribution in [0.2, 0.25) is 10.0 Å². The van der Waals surface area contributed by atoms with Gasteiger partial charge in [-0.1, -0.05) is 29.3 Å². The number of hydrogen-bond donors (Lipinski definition) is 1. The Kier molecular flexibility index (Phi) is 4.65. The van der Waals surface area contributed by atoms with Gasteiger partial charge in [-0.2, -0.15) is 4.98 Å². The van der Waals surface area contributed by atoms with E-state index in [2.05, 4.69) is 9.97 Å². The molecule has 0 radical (unpaired) electrons. The Hall–Kier alpha value is -1.56. The zero-order valence-electron chi connectivity index (χ0n) is 10.9. The average molecular weight is 314 g/mol. The van der Waals surface area contributed by atoms with Gasteiger partial charge in [-0.05, 0) is 17.7 Å². The third-order valence-corrected chi connectivity index (χ3v) is 3.48. The third-order valence-electron chi connectivity index (χ3n) is 2.74. The Balaban J connectivity index is 2.41. The van der Waals surface area contributed by atoms with Gasteiger partial charge in [0, 0.05) is 0 Å². The van der Waals surface area contributed by atoms with Crippen LogP contribution in [0.15, 0.2) is 24.4 Å². The second kappa shape index (κ2) is 6.26. The Morgan fingerprint density at radius 2 is 1.90 bits per heavy atom. The van der Waals surface area contributed by atoms with E-state index in [0.717, 1.165) is 5.56 Å². The van der Waals surface area contributed by atoms with Crippen molar-refractivity contribution in [3.05, 3.63) is 45.7 Å². The second-order valence-corrected chi connectivity index (χ2v) is 4.77. The second-order valence-electron chi connectivity index (χ2n) is 3.96. The number of ether oxygens (including phenoxy) is 2. The molecule has 2 rings (SSSR count). The van der Waals surface area contributed by atoms with Gasteiger partial charge in [0.05, 0.1) is 36.5 Å². The van der Waals surface area contributed by atoms with Crippen LogP contribution in [0.4, 0.5) is 0 Å². The molecule has 20 heavy (non-hydrogen) atoms. The summed E-state index contributed by atoms with van der Waals surface area (Å²) in [6.07, 6.45) is 1.48. The summed E-state index contributed by atoms with van der Waals surface area (Å²) in [5, 5.41) is 0.899. The number of nitrogens with zero attached hydrogens (tertiary/aromatic N) is 2. The van der Waals surface area contributed by atoms with Crippen molar-refractivity contribution >= 4 is 23.2 Å². The lowest BCUT2D eigenvalue weighted by molar-refractivity contribution is 0.355. The highest BCUT2D eigenvalue weighted by Crippen LogP contribution is 2.30. The molecule has 1 aromatic carbocycles. The van der Waals surface area contributed by atoms with E-state index in [1.165, 1.54) is 20.4 Å². The van der Waals surface area contributed by atoms with Gasteiger partial charge in [0.25, 0.3) is 0 Å². The van der Waals surface area contributed by atoms with Crippen LogP contribution in [0.3, 0.4) is 0 Å². The quantitative estimate of drug-likeness (QED) is 0.939. The van der Waals surface area contributed by atoms with Crippen LogP contribution in [0.5, 0.6) is 11.8 Å². The van der Waals surface area contributed by atoms with Gasteiger partial charge in [-0.15, -0.1) is 0 Å². The first-order chi connectivity index (χ1) is 9.56. The highest BCUT2D eigenvalue weighted by Gasteiger charge is 2.18. The van der Waals surface area contributed by atoms with Crippen molar-refractivity contribution < 1.29 is 9.47 Å². The van der Waals surface area contributed by atoms with Gasteiger partial charge in [0.1, 0.15) is 5.69 Å². The summed E-state index contributed by atoms with van der Waals surface area (Å²) in [7, 11) is 3.00. The summed E-state index contributed by atoms with van der Waals surface area (Å²) in [4.78, 5) is 8.39. The van der Waals surface area contributed by atoms with Gasteiger partial charge < -0.3 is 15.2 Å². The maximum absolute atomic E-state index is 6.18. The molecule has 0 bridgehead atoms. The van der Waals surface area contributed by atoms with E-state index >= 15 is 0 Å². The van der Waals surface area contributed by atoms with E-state index in [1.54, 1.807) is 18.2 Å². The molecule has 0 aliphatic heterocycles. The number of methoxy groups -OCH3 is 2. The molecule has 1 unspecified atom stereocenters. The molecular weight excluding hydrogens is 301 g/mol. The molecule has 0 saturated heterocycles. The number of nitrogens with two attached hydrogens (primary N) is 1. The third kappa shape index (κ3) is 2.95. The molecule has 5 nitrogen and oxygen atoms in total. The maximum Gasteiger partial charge on any atom is 0.240 e. The monoisotopic (exact) mass is 313 g/mol. The number of halogens is 2. The lowest BCUT2D eigenvalue weighted by Crippen LogP contribution is -2.15. The molecule has 0 aliphatic carbocycles. The molecule has 1 aromatic heterocycles. The van der Waals surface area contributed by atoms with Crippen LogP contribution in [0.1, 0.15) is 17.3 Å². The zero-order chi connectivity index (χ0) is 14.7. The minimum atomic E-state index is -0.530. The van der Waals surface area contributed by atoms with E-state index in [0.29, 0.717) is 27.5 Å². The number of rotatable bonds is 4. The van der Waals surface area contributed by atoms with Crippen molar-refractivity contribution in [3.8, 4) is 11.8 Å². The van der Waals surface area contributed by atoms with Gasteiger partial charge in [0.15, 0.2) is 0 Å². The topological polar surface area (TPSA) is 70.3 Å². The first-order valence-electron chi connectivity index (χ1n) is 5.72. The van der Waals surface area contributed by atoms with Gasteiger partial charge in [0.2, 0.25) is 11.8 Å². The summed E-state index contributed by atoms with van der Waals surface area (Å²) in [5.74, 6) is 0.662. The molecule has 106 valence electrons. The first-order valence-corrected chi connectivity index (χ1v) is 6.48. The molecule has 7 heteroatoms. The fourth-order valence-electron chi connectivity index (χ4n) is 1.69. The Morgan fingerprint density at radius 3 is 2.50 bits per heavy atom. The predicted molar refractivity (Wildman–Crippen MR) is 77.6 cm³/mol. The smallest absolute Gasteiger partial charge is 0.240 e. The molecule has 0 fully saturated rings. The van der Waals surface area contributed by atoms with Gasteiger partial charge in [-0.25, -0.2) is 4.98 Å². The fourth-order valence-corrected chi connectivity index (χ4v) is 2.00. The molecule has 0 spiro atoms. The number of benzene rings is 1. The summed E-state index contributed by atoms with van der Waals surface area (Å²) in [5.41, 5.74) is 7.43. The van der Waals surface area contributed by atoms with E-state index in [4.69, 9.17) is 38.4 Å². The SMILES string of the molecule is COc1cnc(C(N)c2ccc(Cl)c(Cl)c2)c(OC)n1. The van der Waals surface area contributed by atoms with E-state index < -0.39 is 6.04 Å². The van der Waals surface area contributed by atoms with Crippen LogP contribution in [-0.2, 0) is 0 Å². The van der Waals surface area contributed by atoms with Crippen molar-refractivity contribution in [1.82, 2.24) is 9.97 Å². The standard InChI is InChI=1S/C13H13Cl2N3O2/c1-19-10-6-17-12(13(18-10)20-2)11(16)7-3-4-8(14)9(15)5-7/h3-6,11H,16H2,1-2H3. The average Bonchev–Trinajstić information content (AvgIpc) is 2.48. The van der Waals surface area contributed by atoms with Crippen molar-refractivity contribution in [1.29, 1.82) is 0 Å². The largest absolute Gasteiger partial charge is 0.480 e. The Labute approximate surface area is 126 Å². The minimum absolute atomic E-state index is 0.308. The van der Waals surface area contributed by atoms with Crippen molar-refractivity contribution in [3.63, 3.8) is 0 Å². The minimum Gasteiger partial charge on any atom is -0.480 e. The van der Waals surface area contributed by atoms with E-state index in [9.17, 15) is 0 Å². The van der Waals surface area contributed by atoms with Crippen LogP contribution < -0.4 is 15.2 Å². The van der Waals surface area contributed by atoms with Crippen LogP contribution >= 0.6 is 23.2 Å². The summed E-state index contributed by atoms with van der Waals surface area (Å²) in [6, 6.07) is 4.63. The molecule has 2 N–H and O–H groups in total. The Morgan fingerprint density at radius 1 is 1.15 bits per heavy atom. The highest BCUT2D eigenvalue weighted by atomic mass is 35.5. The van der Waals surface area contributed by atoms with Crippen molar-refractivity contribution in [2.45, 2.75) is 6.04 Å². The molecule has 0 amide bonds. The van der Waals surface area contributed by atoms with Crippen LogP contribution in [-0.4, -0.2) is 24.2 Å². The molecule has 1 atom stereocenters. The van der Waals surface area contributed by atoms with E-state index in [1.807, 2.05) is 0 Å². The molecule has 2 aromatic rings. The predicted octanol–water partition coefficient (Wildman–Crippen LogP) is 2.85. The fraction of sp³-hybridized carbons (Fsp3) is 0.231. The highest BCUT2D eigenvalue weighted by molar-refractivity contribution is 6.42. The number of hydrogen-bond acceptors (Lipinski definition) is 5. The summed E-state index contributed by atoms with van der Waals surface area (Å²) in [6.45, 7) is 0. The number of aromatic nitrogens is 2. The van der Waals surface area contributed by atoms with E-state index in [-0.39, 0.29) is 0 Å². The molecule has 0 saturated carbocycles. The maximum atomic E-state index is 6.18. The molecule has 0 aliphatic rings. The summed E-state index contributed by atoms with van der Waals surface area (Å²) < 4.78 is 10.2. The normalized spacial score (nSPS) is 12.1. The van der Waals surface area contributed by atoms with Gasteiger partial charge >= 0.3 is 0 Å². The zero-order valence-corrected chi connectivity index (χ0v) is 12.4. The summed E-state index contributed by atoms with van der Waals surface area (Å²) >= 11 is 11.9. The van der Waals surface area contributed by atoms with Crippen LogP contribution in [0.25, 0.3) is 0 Å². The van der Waals surface area contributed by atoms with Gasteiger partial charge in [-0.3, -0.25) is 0 Å².